The largest absolute Gasteiger partial charge is 0.476 e. The van der Waals surface area contributed by atoms with Crippen LogP contribution in [0.25, 0.3) is 5.57 Å². The number of carbonyl (C=O) groups is 1. The molecular weight excluding hydrogens is 292 g/mol. The van der Waals surface area contributed by atoms with Gasteiger partial charge in [0.25, 0.3) is 6.01 Å². The van der Waals surface area contributed by atoms with Crippen LogP contribution < -0.4 is 4.90 Å². The number of nitrogens with zero attached hydrogens (tertiary/aromatic N) is 2. The first-order valence-electron chi connectivity index (χ1n) is 6.52. The van der Waals surface area contributed by atoms with Crippen LogP contribution in [-0.2, 0) is 0 Å². The SMILES string of the molecule is O=C(O)c1coc(N2CC=C(c3cccc(Cl)c3)CC2)n1. The molecule has 1 aliphatic rings. The van der Waals surface area contributed by atoms with Gasteiger partial charge in [0.1, 0.15) is 6.26 Å². The van der Waals surface area contributed by atoms with Gasteiger partial charge < -0.3 is 14.4 Å². The molecule has 0 saturated carbocycles. The van der Waals surface area contributed by atoms with E-state index in [1.807, 2.05) is 29.2 Å². The van der Waals surface area contributed by atoms with Crippen molar-refractivity contribution in [2.24, 2.45) is 0 Å². The highest BCUT2D eigenvalue weighted by atomic mass is 35.5. The van der Waals surface area contributed by atoms with Gasteiger partial charge in [0.05, 0.1) is 0 Å². The molecule has 0 aliphatic carbocycles. The summed E-state index contributed by atoms with van der Waals surface area (Å²) in [5.41, 5.74) is 2.26. The van der Waals surface area contributed by atoms with Gasteiger partial charge in [-0.1, -0.05) is 29.8 Å². The minimum Gasteiger partial charge on any atom is -0.476 e. The molecule has 6 heteroatoms. The molecule has 0 fully saturated rings. The molecule has 21 heavy (non-hydrogen) atoms. The Morgan fingerprint density at radius 3 is 2.90 bits per heavy atom. The molecule has 0 saturated heterocycles. The highest BCUT2D eigenvalue weighted by Gasteiger charge is 2.19. The number of rotatable bonds is 3. The maximum atomic E-state index is 10.8. The third kappa shape index (κ3) is 2.92. The average Bonchev–Trinajstić information content (AvgIpc) is 2.97. The first-order valence-corrected chi connectivity index (χ1v) is 6.90. The molecule has 108 valence electrons. The molecule has 1 aromatic carbocycles. The van der Waals surface area contributed by atoms with Crippen molar-refractivity contribution in [2.45, 2.75) is 6.42 Å². The van der Waals surface area contributed by atoms with Gasteiger partial charge in [-0.25, -0.2) is 4.79 Å². The lowest BCUT2D eigenvalue weighted by Crippen LogP contribution is -2.28. The average molecular weight is 305 g/mol. The Morgan fingerprint density at radius 1 is 1.43 bits per heavy atom. The minimum atomic E-state index is -1.09. The van der Waals surface area contributed by atoms with Gasteiger partial charge in [-0.15, -0.1) is 0 Å². The zero-order valence-electron chi connectivity index (χ0n) is 11.1. The van der Waals surface area contributed by atoms with Crippen molar-refractivity contribution in [3.63, 3.8) is 0 Å². The number of hydrogen-bond donors (Lipinski definition) is 1. The highest BCUT2D eigenvalue weighted by Crippen LogP contribution is 2.26. The fraction of sp³-hybridized carbons (Fsp3) is 0.200. The number of benzene rings is 1. The summed E-state index contributed by atoms with van der Waals surface area (Å²) in [7, 11) is 0. The fourth-order valence-corrected chi connectivity index (χ4v) is 2.49. The molecule has 0 radical (unpaired) electrons. The number of aromatic carboxylic acids is 1. The summed E-state index contributed by atoms with van der Waals surface area (Å²) in [5.74, 6) is -1.09. The van der Waals surface area contributed by atoms with Crippen LogP contribution >= 0.6 is 11.6 Å². The number of anilines is 1. The van der Waals surface area contributed by atoms with Crippen molar-refractivity contribution in [1.29, 1.82) is 0 Å². The van der Waals surface area contributed by atoms with E-state index in [1.165, 1.54) is 5.57 Å². The summed E-state index contributed by atoms with van der Waals surface area (Å²) < 4.78 is 5.21. The van der Waals surface area contributed by atoms with Crippen LogP contribution in [0, 0.1) is 0 Å². The molecule has 0 spiro atoms. The van der Waals surface area contributed by atoms with Crippen molar-refractivity contribution in [2.75, 3.05) is 18.0 Å². The standard InChI is InChI=1S/C15H13ClN2O3/c16-12-3-1-2-11(8-12)10-4-6-18(7-5-10)15-17-13(9-21-15)14(19)20/h1-4,8-9H,5-7H2,(H,19,20). The van der Waals surface area contributed by atoms with Gasteiger partial charge in [0.15, 0.2) is 5.69 Å². The van der Waals surface area contributed by atoms with Crippen LogP contribution in [0.15, 0.2) is 41.0 Å². The number of oxazole rings is 1. The van der Waals surface area contributed by atoms with Crippen molar-refractivity contribution in [3.8, 4) is 0 Å². The minimum absolute atomic E-state index is 0.0744. The van der Waals surface area contributed by atoms with Gasteiger partial charge >= 0.3 is 5.97 Å². The fourth-order valence-electron chi connectivity index (χ4n) is 2.30. The van der Waals surface area contributed by atoms with Crippen LogP contribution in [0.1, 0.15) is 22.5 Å². The topological polar surface area (TPSA) is 66.6 Å². The van der Waals surface area contributed by atoms with Gasteiger partial charge in [0, 0.05) is 18.1 Å². The van der Waals surface area contributed by atoms with Crippen molar-refractivity contribution < 1.29 is 14.3 Å². The molecule has 1 aromatic heterocycles. The van der Waals surface area contributed by atoms with Gasteiger partial charge in [-0.2, -0.15) is 4.98 Å². The quantitative estimate of drug-likeness (QED) is 0.942. The first-order chi connectivity index (χ1) is 10.1. The Bertz CT molecular complexity index is 708. The molecule has 3 rings (SSSR count). The molecule has 2 heterocycles. The van der Waals surface area contributed by atoms with Crippen LogP contribution in [0.2, 0.25) is 5.02 Å². The van der Waals surface area contributed by atoms with E-state index in [-0.39, 0.29) is 5.69 Å². The predicted octanol–water partition coefficient (Wildman–Crippen LogP) is 3.32. The summed E-state index contributed by atoms with van der Waals surface area (Å²) in [6, 6.07) is 8.09. The lowest BCUT2D eigenvalue weighted by atomic mass is 10.00. The molecule has 0 bridgehead atoms. The second kappa shape index (κ2) is 5.61. The van der Waals surface area contributed by atoms with Crippen molar-refractivity contribution >= 4 is 29.2 Å². The second-order valence-corrected chi connectivity index (χ2v) is 5.19. The molecule has 0 amide bonds. The van der Waals surface area contributed by atoms with E-state index in [0.717, 1.165) is 29.8 Å². The molecule has 0 unspecified atom stereocenters. The van der Waals surface area contributed by atoms with Crippen LogP contribution in [0.5, 0.6) is 0 Å². The molecular formula is C15H13ClN2O3. The van der Waals surface area contributed by atoms with Crippen LogP contribution in [-0.4, -0.2) is 29.1 Å². The number of carboxylic acids is 1. The maximum absolute atomic E-state index is 10.8. The summed E-state index contributed by atoms with van der Waals surface area (Å²) >= 11 is 6.00. The zero-order valence-corrected chi connectivity index (χ0v) is 11.9. The lowest BCUT2D eigenvalue weighted by Gasteiger charge is -2.25. The maximum Gasteiger partial charge on any atom is 0.357 e. The summed E-state index contributed by atoms with van der Waals surface area (Å²) in [6.07, 6.45) is 4.07. The number of hydrogen-bond acceptors (Lipinski definition) is 4. The first kappa shape index (κ1) is 13.7. The molecule has 2 aromatic rings. The molecule has 1 aliphatic heterocycles. The normalized spacial score (nSPS) is 14.9. The Kier molecular flexibility index (Phi) is 3.66. The molecule has 5 nitrogen and oxygen atoms in total. The summed E-state index contributed by atoms with van der Waals surface area (Å²) in [4.78, 5) is 16.7. The summed E-state index contributed by atoms with van der Waals surface area (Å²) in [5, 5.41) is 9.57. The van der Waals surface area contributed by atoms with E-state index in [9.17, 15) is 4.79 Å². The van der Waals surface area contributed by atoms with Crippen LogP contribution in [0.4, 0.5) is 6.01 Å². The predicted molar refractivity (Wildman–Crippen MR) is 79.7 cm³/mol. The number of aromatic nitrogens is 1. The van der Waals surface area contributed by atoms with E-state index in [1.54, 1.807) is 0 Å². The van der Waals surface area contributed by atoms with Crippen LogP contribution in [0.3, 0.4) is 0 Å². The number of carboxylic acid groups (broad SMARTS) is 1. The van der Waals surface area contributed by atoms with Gasteiger partial charge in [0.2, 0.25) is 0 Å². The van der Waals surface area contributed by atoms with Gasteiger partial charge in [-0.05, 0) is 29.7 Å². The van der Waals surface area contributed by atoms with Gasteiger partial charge in [-0.3, -0.25) is 0 Å². The molecule has 1 N–H and O–H groups in total. The molecule has 0 atom stereocenters. The highest BCUT2D eigenvalue weighted by molar-refractivity contribution is 6.30. The Labute approximate surface area is 126 Å². The second-order valence-electron chi connectivity index (χ2n) is 4.76. The van der Waals surface area contributed by atoms with E-state index in [2.05, 4.69) is 11.1 Å². The van der Waals surface area contributed by atoms with Crippen molar-refractivity contribution in [3.05, 3.63) is 52.9 Å². The zero-order chi connectivity index (χ0) is 14.8. The third-order valence-corrected chi connectivity index (χ3v) is 3.62. The van der Waals surface area contributed by atoms with E-state index >= 15 is 0 Å². The third-order valence-electron chi connectivity index (χ3n) is 3.39. The Morgan fingerprint density at radius 2 is 2.29 bits per heavy atom. The summed E-state index contributed by atoms with van der Waals surface area (Å²) in [6.45, 7) is 1.35. The monoisotopic (exact) mass is 304 g/mol. The van der Waals surface area contributed by atoms with E-state index in [0.29, 0.717) is 12.6 Å². The Hall–Kier alpha value is -2.27. The smallest absolute Gasteiger partial charge is 0.357 e. The lowest BCUT2D eigenvalue weighted by molar-refractivity contribution is 0.0690. The van der Waals surface area contributed by atoms with E-state index in [4.69, 9.17) is 21.1 Å². The Balaban J connectivity index is 1.75. The van der Waals surface area contributed by atoms with Crippen molar-refractivity contribution in [1.82, 2.24) is 4.98 Å². The van der Waals surface area contributed by atoms with E-state index < -0.39 is 5.97 Å². The number of halogens is 1.